The summed E-state index contributed by atoms with van der Waals surface area (Å²) in [6.07, 6.45) is 8.24. The first-order chi connectivity index (χ1) is 10.5. The minimum atomic E-state index is -0.315. The summed E-state index contributed by atoms with van der Waals surface area (Å²) < 4.78 is 7.79. The van der Waals surface area contributed by atoms with Crippen LogP contribution in [0.15, 0.2) is 24.8 Å². The van der Waals surface area contributed by atoms with Crippen molar-refractivity contribution in [3.8, 4) is 0 Å². The summed E-state index contributed by atoms with van der Waals surface area (Å²) >= 11 is 0. The largest absolute Gasteiger partial charge is 0.394 e. The van der Waals surface area contributed by atoms with Crippen molar-refractivity contribution in [2.75, 3.05) is 13.2 Å². The first-order valence-electron chi connectivity index (χ1n) is 7.77. The predicted octanol–water partition coefficient (Wildman–Crippen LogP) is 1.38. The monoisotopic (exact) mass is 304 g/mol. The second kappa shape index (κ2) is 5.61. The molecule has 0 saturated heterocycles. The third-order valence-electron chi connectivity index (χ3n) is 5.21. The van der Waals surface area contributed by atoms with Crippen molar-refractivity contribution in [2.45, 2.75) is 45.4 Å². The van der Waals surface area contributed by atoms with E-state index in [-0.39, 0.29) is 23.7 Å². The summed E-state index contributed by atoms with van der Waals surface area (Å²) in [5, 5.41) is 13.5. The Morgan fingerprint density at radius 1 is 1.45 bits per heavy atom. The zero-order chi connectivity index (χ0) is 15.8. The van der Waals surface area contributed by atoms with E-state index in [0.29, 0.717) is 13.2 Å². The lowest BCUT2D eigenvalue weighted by molar-refractivity contribution is -0.177. The molecule has 0 amide bonds. The van der Waals surface area contributed by atoms with Crippen LogP contribution in [0.25, 0.3) is 5.65 Å². The van der Waals surface area contributed by atoms with E-state index in [2.05, 4.69) is 29.1 Å². The van der Waals surface area contributed by atoms with Crippen molar-refractivity contribution in [3.63, 3.8) is 0 Å². The molecule has 2 atom stereocenters. The van der Waals surface area contributed by atoms with E-state index in [4.69, 9.17) is 4.74 Å². The molecule has 1 fully saturated rings. The van der Waals surface area contributed by atoms with Crippen LogP contribution < -0.4 is 5.32 Å². The van der Waals surface area contributed by atoms with Crippen LogP contribution in [0.4, 0.5) is 0 Å². The average Bonchev–Trinajstić information content (AvgIpc) is 2.93. The minimum Gasteiger partial charge on any atom is -0.394 e. The van der Waals surface area contributed by atoms with Gasteiger partial charge in [0.1, 0.15) is 0 Å². The molecule has 6 nitrogen and oxygen atoms in total. The molecule has 0 spiro atoms. The van der Waals surface area contributed by atoms with Crippen LogP contribution in [0.1, 0.15) is 32.9 Å². The van der Waals surface area contributed by atoms with Gasteiger partial charge in [-0.1, -0.05) is 13.8 Å². The number of aliphatic hydroxyl groups is 1. The Kier molecular flexibility index (Phi) is 3.92. The molecule has 0 bridgehead atoms. The van der Waals surface area contributed by atoms with Crippen molar-refractivity contribution in [1.82, 2.24) is 19.7 Å². The number of rotatable bonds is 6. The molecule has 0 aliphatic heterocycles. The highest BCUT2D eigenvalue weighted by molar-refractivity contribution is 5.37. The third kappa shape index (κ3) is 2.22. The summed E-state index contributed by atoms with van der Waals surface area (Å²) in [6.45, 7) is 7.76. The van der Waals surface area contributed by atoms with E-state index in [0.717, 1.165) is 17.8 Å². The molecule has 2 aromatic rings. The van der Waals surface area contributed by atoms with Gasteiger partial charge in [-0.15, -0.1) is 0 Å². The van der Waals surface area contributed by atoms with Crippen molar-refractivity contribution in [3.05, 3.63) is 30.5 Å². The molecule has 2 N–H and O–H groups in total. The number of aliphatic hydroxyl groups excluding tert-OH is 1. The first kappa shape index (κ1) is 15.4. The molecule has 2 aromatic heterocycles. The van der Waals surface area contributed by atoms with Crippen LogP contribution in [-0.2, 0) is 11.3 Å². The van der Waals surface area contributed by atoms with Crippen LogP contribution in [-0.4, -0.2) is 44.3 Å². The van der Waals surface area contributed by atoms with Gasteiger partial charge >= 0.3 is 0 Å². The van der Waals surface area contributed by atoms with Crippen LogP contribution in [0, 0.1) is 5.41 Å². The summed E-state index contributed by atoms with van der Waals surface area (Å²) in [5.74, 6) is 0. The summed E-state index contributed by atoms with van der Waals surface area (Å²) in [5.41, 5.74) is 1.46. The number of fused-ring (bicyclic) bond motifs is 1. The third-order valence-corrected chi connectivity index (χ3v) is 5.21. The van der Waals surface area contributed by atoms with E-state index in [1.165, 1.54) is 0 Å². The van der Waals surface area contributed by atoms with Crippen molar-refractivity contribution < 1.29 is 9.84 Å². The maximum atomic E-state index is 9.95. The number of nitrogens with zero attached hydrogens (tertiary/aromatic N) is 3. The van der Waals surface area contributed by atoms with Crippen LogP contribution in [0.2, 0.25) is 0 Å². The quantitative estimate of drug-likeness (QED) is 0.844. The van der Waals surface area contributed by atoms with Gasteiger partial charge in [0.05, 0.1) is 36.3 Å². The van der Waals surface area contributed by atoms with Crippen LogP contribution >= 0.6 is 0 Å². The molecule has 1 aliphatic rings. The van der Waals surface area contributed by atoms with Gasteiger partial charge in [-0.3, -0.25) is 9.38 Å². The fourth-order valence-corrected chi connectivity index (χ4v) is 3.39. The van der Waals surface area contributed by atoms with Gasteiger partial charge in [-0.05, 0) is 13.3 Å². The van der Waals surface area contributed by atoms with E-state index >= 15 is 0 Å². The van der Waals surface area contributed by atoms with Gasteiger partial charge in [0, 0.05) is 31.0 Å². The molecule has 0 aromatic carbocycles. The van der Waals surface area contributed by atoms with Crippen molar-refractivity contribution in [2.24, 2.45) is 5.41 Å². The van der Waals surface area contributed by atoms with Gasteiger partial charge in [0.25, 0.3) is 0 Å². The molecule has 2 heterocycles. The normalized spacial score (nSPS) is 27.0. The number of hydrogen-bond donors (Lipinski definition) is 2. The second-order valence-corrected chi connectivity index (χ2v) is 6.52. The Labute approximate surface area is 130 Å². The maximum Gasteiger partial charge on any atom is 0.155 e. The lowest BCUT2D eigenvalue weighted by Crippen LogP contribution is -2.73. The van der Waals surface area contributed by atoms with E-state index in [1.807, 2.05) is 23.7 Å². The number of imidazole rings is 1. The van der Waals surface area contributed by atoms with Crippen molar-refractivity contribution in [1.29, 1.82) is 0 Å². The molecule has 120 valence electrons. The molecular formula is C16H24N4O2. The highest BCUT2D eigenvalue weighted by Crippen LogP contribution is 2.51. The van der Waals surface area contributed by atoms with E-state index in [9.17, 15) is 5.11 Å². The smallest absolute Gasteiger partial charge is 0.155 e. The predicted molar refractivity (Wildman–Crippen MR) is 83.5 cm³/mol. The van der Waals surface area contributed by atoms with E-state index < -0.39 is 0 Å². The molecule has 0 radical (unpaired) electrons. The maximum absolute atomic E-state index is 9.95. The molecule has 1 saturated carbocycles. The Morgan fingerprint density at radius 2 is 2.27 bits per heavy atom. The zero-order valence-electron chi connectivity index (χ0n) is 13.4. The summed E-state index contributed by atoms with van der Waals surface area (Å²) in [6, 6.07) is 0. The Balaban J connectivity index is 1.75. The van der Waals surface area contributed by atoms with Gasteiger partial charge in [0.15, 0.2) is 5.65 Å². The average molecular weight is 304 g/mol. The second-order valence-electron chi connectivity index (χ2n) is 6.52. The number of hydrogen-bond acceptors (Lipinski definition) is 5. The standard InChI is InChI=1S/C16H24N4O2/c1-4-22-13-7-16(11-21,15(13,2)3)19-9-12-8-18-14-10-17-5-6-20(12)14/h5-6,8,10,13,19,21H,4,7,9,11H2,1-3H3. The molecular weight excluding hydrogens is 280 g/mol. The summed E-state index contributed by atoms with van der Waals surface area (Å²) in [4.78, 5) is 8.41. The first-order valence-corrected chi connectivity index (χ1v) is 7.77. The SMILES string of the molecule is CCOC1CC(CO)(NCc2cnc3cnccn23)C1(C)C. The van der Waals surface area contributed by atoms with Gasteiger partial charge in [-0.2, -0.15) is 0 Å². The lowest BCUT2D eigenvalue weighted by atomic mass is 9.54. The van der Waals surface area contributed by atoms with Gasteiger partial charge < -0.3 is 15.2 Å². The van der Waals surface area contributed by atoms with Crippen molar-refractivity contribution >= 4 is 5.65 Å². The fraction of sp³-hybridized carbons (Fsp3) is 0.625. The van der Waals surface area contributed by atoms with E-state index in [1.54, 1.807) is 12.4 Å². The molecule has 1 aliphatic carbocycles. The van der Waals surface area contributed by atoms with Gasteiger partial charge in [-0.25, -0.2) is 4.98 Å². The topological polar surface area (TPSA) is 71.7 Å². The number of nitrogens with one attached hydrogen (secondary N) is 1. The highest BCUT2D eigenvalue weighted by Gasteiger charge is 2.60. The Hall–Kier alpha value is -1.50. The summed E-state index contributed by atoms with van der Waals surface area (Å²) in [7, 11) is 0. The van der Waals surface area contributed by atoms with Crippen LogP contribution in [0.5, 0.6) is 0 Å². The molecule has 2 unspecified atom stereocenters. The van der Waals surface area contributed by atoms with Crippen LogP contribution in [0.3, 0.4) is 0 Å². The number of ether oxygens (including phenoxy) is 1. The lowest BCUT2D eigenvalue weighted by Gasteiger charge is -2.60. The number of aromatic nitrogens is 3. The van der Waals surface area contributed by atoms with Gasteiger partial charge in [0.2, 0.25) is 0 Å². The Morgan fingerprint density at radius 3 is 2.95 bits per heavy atom. The highest BCUT2D eigenvalue weighted by atomic mass is 16.5. The Bertz CT molecular complexity index is 654. The fourth-order valence-electron chi connectivity index (χ4n) is 3.39. The minimum absolute atomic E-state index is 0.0991. The zero-order valence-corrected chi connectivity index (χ0v) is 13.4. The molecule has 3 rings (SSSR count). The molecule has 6 heteroatoms. The molecule has 22 heavy (non-hydrogen) atoms.